The van der Waals surface area contributed by atoms with E-state index < -0.39 is 17.9 Å². The number of nitrogens with one attached hydrogen (secondary N) is 1. The summed E-state index contributed by atoms with van der Waals surface area (Å²) in [7, 11) is 0. The van der Waals surface area contributed by atoms with Gasteiger partial charge in [-0.15, -0.1) is 0 Å². The number of nitrogens with zero attached hydrogens (tertiary/aromatic N) is 4. The number of hydroxylamine groups is 1. The summed E-state index contributed by atoms with van der Waals surface area (Å²) in [6, 6.07) is 1.62. The van der Waals surface area contributed by atoms with Gasteiger partial charge < -0.3 is 14.9 Å². The Morgan fingerprint density at radius 2 is 1.96 bits per heavy atom. The zero-order valence-corrected chi connectivity index (χ0v) is 15.4. The second kappa shape index (κ2) is 8.91. The van der Waals surface area contributed by atoms with Crippen molar-refractivity contribution in [2.24, 2.45) is 11.8 Å². The Morgan fingerprint density at radius 3 is 2.50 bits per heavy atom. The van der Waals surface area contributed by atoms with Crippen molar-refractivity contribution in [3.05, 3.63) is 18.5 Å². The molecule has 0 unspecified atom stereocenters. The third kappa shape index (κ3) is 4.67. The highest BCUT2D eigenvalue weighted by atomic mass is 16.5. The van der Waals surface area contributed by atoms with E-state index in [0.29, 0.717) is 32.0 Å². The van der Waals surface area contributed by atoms with Crippen LogP contribution >= 0.6 is 0 Å². The Kier molecular flexibility index (Phi) is 6.87. The number of piperazine rings is 1. The van der Waals surface area contributed by atoms with E-state index in [1.54, 1.807) is 23.4 Å². The maximum atomic E-state index is 13.0. The lowest BCUT2D eigenvalue weighted by atomic mass is 9.89. The smallest absolute Gasteiger partial charge is 0.272 e. The van der Waals surface area contributed by atoms with Crippen LogP contribution in [-0.2, 0) is 9.59 Å². The Morgan fingerprint density at radius 1 is 1.31 bits per heavy atom. The lowest BCUT2D eigenvalue weighted by molar-refractivity contribution is -0.152. The highest BCUT2D eigenvalue weighted by Crippen LogP contribution is 2.23. The molecule has 1 saturated heterocycles. The summed E-state index contributed by atoms with van der Waals surface area (Å²) in [6.45, 7) is 7.32. The molecule has 144 valence electrons. The molecule has 2 rings (SSSR count). The van der Waals surface area contributed by atoms with Gasteiger partial charge >= 0.3 is 0 Å². The van der Waals surface area contributed by atoms with Gasteiger partial charge in [0.25, 0.3) is 5.91 Å². The van der Waals surface area contributed by atoms with Crippen LogP contribution in [0.15, 0.2) is 18.5 Å². The van der Waals surface area contributed by atoms with Gasteiger partial charge in [0.1, 0.15) is 6.10 Å². The minimum Gasteiger partial charge on any atom is -0.382 e. The molecule has 26 heavy (non-hydrogen) atoms. The number of carbonyl (C=O) groups excluding carboxylic acids is 2. The number of hydrogen-bond acceptors (Lipinski definition) is 7. The van der Waals surface area contributed by atoms with Crippen LogP contribution in [0.2, 0.25) is 0 Å². The third-order valence-electron chi connectivity index (χ3n) is 4.55. The molecular weight excluding hydrogens is 338 g/mol. The highest BCUT2D eigenvalue weighted by Gasteiger charge is 2.38. The van der Waals surface area contributed by atoms with Crippen molar-refractivity contribution in [1.29, 1.82) is 0 Å². The number of aliphatic hydroxyl groups excluding tert-OH is 1. The van der Waals surface area contributed by atoms with Crippen LogP contribution in [0.3, 0.4) is 0 Å². The molecule has 2 heterocycles. The van der Waals surface area contributed by atoms with Crippen LogP contribution in [0.25, 0.3) is 0 Å². The second-order valence-electron chi connectivity index (χ2n) is 7.03. The summed E-state index contributed by atoms with van der Waals surface area (Å²) in [5.74, 6) is -1.42. The van der Waals surface area contributed by atoms with Crippen LogP contribution in [0.4, 0.5) is 5.95 Å². The van der Waals surface area contributed by atoms with Gasteiger partial charge in [-0.1, -0.05) is 13.8 Å². The number of rotatable bonds is 6. The molecule has 0 aliphatic carbocycles. The number of aliphatic hydroxyl groups is 1. The first kappa shape index (κ1) is 20.1. The molecule has 1 aromatic rings. The molecule has 3 atom stereocenters. The monoisotopic (exact) mass is 365 g/mol. The second-order valence-corrected chi connectivity index (χ2v) is 7.03. The van der Waals surface area contributed by atoms with Gasteiger partial charge in [0.15, 0.2) is 0 Å². The van der Waals surface area contributed by atoms with E-state index in [-0.39, 0.29) is 17.9 Å². The van der Waals surface area contributed by atoms with Crippen molar-refractivity contribution >= 4 is 17.8 Å². The molecule has 1 aromatic heterocycles. The average Bonchev–Trinajstić information content (AvgIpc) is 2.64. The first-order valence-electron chi connectivity index (χ1n) is 8.79. The fourth-order valence-corrected chi connectivity index (χ4v) is 3.26. The SMILES string of the molecule is CC(C)C[C@H](C(=O)N1CCN(c2ncccn2)C[C@H]1C)[C@H](O)C(=O)NO. The number of carbonyl (C=O) groups is 2. The van der Waals surface area contributed by atoms with E-state index in [9.17, 15) is 14.7 Å². The maximum Gasteiger partial charge on any atom is 0.272 e. The van der Waals surface area contributed by atoms with Crippen molar-refractivity contribution in [1.82, 2.24) is 20.3 Å². The predicted octanol–water partition coefficient (Wildman–Crippen LogP) is 0.0423. The number of amides is 2. The van der Waals surface area contributed by atoms with Gasteiger partial charge in [0, 0.05) is 38.1 Å². The van der Waals surface area contributed by atoms with E-state index in [2.05, 4.69) is 9.97 Å². The Balaban J connectivity index is 2.10. The summed E-state index contributed by atoms with van der Waals surface area (Å²) in [5, 5.41) is 19.0. The summed E-state index contributed by atoms with van der Waals surface area (Å²) in [5.41, 5.74) is 1.43. The zero-order valence-electron chi connectivity index (χ0n) is 15.4. The van der Waals surface area contributed by atoms with Crippen molar-refractivity contribution in [3.63, 3.8) is 0 Å². The van der Waals surface area contributed by atoms with Gasteiger partial charge in [-0.25, -0.2) is 15.4 Å². The summed E-state index contributed by atoms with van der Waals surface area (Å²) in [4.78, 5) is 36.8. The fraction of sp³-hybridized carbons (Fsp3) is 0.647. The minimum absolute atomic E-state index is 0.111. The lowest BCUT2D eigenvalue weighted by Crippen LogP contribution is -2.57. The molecule has 1 aliphatic rings. The number of anilines is 1. The largest absolute Gasteiger partial charge is 0.382 e. The first-order valence-corrected chi connectivity index (χ1v) is 8.79. The molecule has 0 spiro atoms. The minimum atomic E-state index is -1.59. The molecule has 0 saturated carbocycles. The first-order chi connectivity index (χ1) is 12.3. The molecule has 1 fully saturated rings. The third-order valence-corrected chi connectivity index (χ3v) is 4.55. The van der Waals surface area contributed by atoms with Crippen molar-refractivity contribution in [2.45, 2.75) is 39.3 Å². The molecule has 0 radical (unpaired) electrons. The Hall–Kier alpha value is -2.26. The topological polar surface area (TPSA) is 119 Å². The van der Waals surface area contributed by atoms with Crippen molar-refractivity contribution < 1.29 is 19.9 Å². The average molecular weight is 365 g/mol. The van der Waals surface area contributed by atoms with E-state index in [0.717, 1.165) is 0 Å². The van der Waals surface area contributed by atoms with Crippen LogP contribution in [0.1, 0.15) is 27.2 Å². The lowest BCUT2D eigenvalue weighted by Gasteiger charge is -2.41. The molecule has 3 N–H and O–H groups in total. The van der Waals surface area contributed by atoms with Crippen LogP contribution in [0.5, 0.6) is 0 Å². The number of aromatic nitrogens is 2. The maximum absolute atomic E-state index is 13.0. The quantitative estimate of drug-likeness (QED) is 0.481. The molecular formula is C17H27N5O4. The zero-order chi connectivity index (χ0) is 19.3. The molecule has 2 amide bonds. The predicted molar refractivity (Wildman–Crippen MR) is 94.3 cm³/mol. The van der Waals surface area contributed by atoms with E-state index in [1.807, 2.05) is 25.7 Å². The molecule has 0 aromatic carbocycles. The van der Waals surface area contributed by atoms with E-state index in [4.69, 9.17) is 5.21 Å². The fourth-order valence-electron chi connectivity index (χ4n) is 3.26. The van der Waals surface area contributed by atoms with Crippen molar-refractivity contribution in [2.75, 3.05) is 24.5 Å². The highest BCUT2D eigenvalue weighted by molar-refractivity contribution is 5.89. The van der Waals surface area contributed by atoms with E-state index in [1.165, 1.54) is 5.48 Å². The normalized spacial score (nSPS) is 20.0. The summed E-state index contributed by atoms with van der Waals surface area (Å²) < 4.78 is 0. The van der Waals surface area contributed by atoms with Gasteiger partial charge in [-0.2, -0.15) is 0 Å². The standard InChI is InChI=1S/C17H27N5O4/c1-11(2)9-13(14(23)15(24)20-26)16(25)22-8-7-21(10-12(22)3)17-18-5-4-6-19-17/h4-6,11-14,23,26H,7-10H2,1-3H3,(H,20,24)/t12-,13+,14+/m1/s1. The van der Waals surface area contributed by atoms with E-state index >= 15 is 0 Å². The Bertz CT molecular complexity index is 612. The summed E-state index contributed by atoms with van der Waals surface area (Å²) >= 11 is 0. The molecule has 9 heteroatoms. The van der Waals surface area contributed by atoms with Gasteiger partial charge in [0.2, 0.25) is 11.9 Å². The van der Waals surface area contributed by atoms with Crippen LogP contribution in [-0.4, -0.2) is 68.8 Å². The molecule has 1 aliphatic heterocycles. The van der Waals surface area contributed by atoms with Gasteiger partial charge in [0.05, 0.1) is 5.92 Å². The van der Waals surface area contributed by atoms with Gasteiger partial charge in [-0.3, -0.25) is 14.8 Å². The van der Waals surface area contributed by atoms with Crippen LogP contribution < -0.4 is 10.4 Å². The van der Waals surface area contributed by atoms with Gasteiger partial charge in [-0.05, 0) is 25.3 Å². The Labute approximate surface area is 153 Å². The molecule has 0 bridgehead atoms. The van der Waals surface area contributed by atoms with Crippen molar-refractivity contribution in [3.8, 4) is 0 Å². The molecule has 9 nitrogen and oxygen atoms in total. The van der Waals surface area contributed by atoms with Crippen LogP contribution in [0, 0.1) is 11.8 Å². The number of hydrogen-bond donors (Lipinski definition) is 3. The summed E-state index contributed by atoms with van der Waals surface area (Å²) in [6.07, 6.45) is 2.11.